The molecule has 11 rings (SSSR count). The fourth-order valence-electron chi connectivity index (χ4n) is 7.88. The number of benzene rings is 7. The van der Waals surface area contributed by atoms with Crippen molar-refractivity contribution >= 4 is 75.3 Å². The Morgan fingerprint density at radius 1 is 0.431 bits per heavy atom. The van der Waals surface area contributed by atoms with Crippen LogP contribution in [-0.4, -0.2) is 19.1 Å². The second kappa shape index (κ2) is 11.0. The normalized spacial score (nSPS) is 11.9. The maximum absolute atomic E-state index is 5.41. The standard InChI is InChI=1S/C46H28N4S/c1-4-14-29(15-5-1)31-24-27-40-37(28-31)33-25-26-36-41-35-21-11-13-23-39(35)49(32-18-8-3-9-19-32)45(41)51-44(36)43(33)50(40)46-47-38-22-12-10-20-34(38)42(48-46)30-16-6-2-7-17-30/h1-28H. The monoisotopic (exact) mass is 668 g/mol. The molecule has 0 amide bonds. The number of para-hydroxylation sites is 3. The molecule has 0 aliphatic rings. The average molecular weight is 669 g/mol. The smallest absolute Gasteiger partial charge is 0.235 e. The summed E-state index contributed by atoms with van der Waals surface area (Å²) in [6.45, 7) is 0. The summed E-state index contributed by atoms with van der Waals surface area (Å²) in [6.07, 6.45) is 0. The second-order valence-corrected chi connectivity index (χ2v) is 14.0. The van der Waals surface area contributed by atoms with Crippen molar-refractivity contribution in [3.8, 4) is 34.0 Å². The zero-order valence-electron chi connectivity index (χ0n) is 27.4. The van der Waals surface area contributed by atoms with E-state index in [2.05, 4.69) is 179 Å². The molecular formula is C46H28N4S. The van der Waals surface area contributed by atoms with Crippen LogP contribution in [0.4, 0.5) is 0 Å². The van der Waals surface area contributed by atoms with E-state index in [0.717, 1.165) is 38.9 Å². The van der Waals surface area contributed by atoms with Gasteiger partial charge in [-0.25, -0.2) is 9.97 Å². The Kier molecular flexibility index (Phi) is 6.09. The molecule has 0 N–H and O–H groups in total. The largest absolute Gasteiger partial charge is 0.301 e. The molecule has 51 heavy (non-hydrogen) atoms. The van der Waals surface area contributed by atoms with Crippen molar-refractivity contribution in [2.45, 2.75) is 0 Å². The highest BCUT2D eigenvalue weighted by Gasteiger charge is 2.24. The molecule has 5 heteroatoms. The molecule has 0 radical (unpaired) electrons. The number of nitrogens with zero attached hydrogens (tertiary/aromatic N) is 4. The van der Waals surface area contributed by atoms with E-state index in [1.54, 1.807) is 0 Å². The van der Waals surface area contributed by atoms with E-state index in [9.17, 15) is 0 Å². The Bertz CT molecular complexity index is 3120. The molecule has 0 spiro atoms. The molecule has 11 aromatic rings. The molecule has 0 atom stereocenters. The van der Waals surface area contributed by atoms with Gasteiger partial charge in [-0.3, -0.25) is 4.57 Å². The predicted octanol–water partition coefficient (Wildman–Crippen LogP) is 12.4. The third-order valence-corrected chi connectivity index (χ3v) is 11.3. The molecule has 0 unspecified atom stereocenters. The van der Waals surface area contributed by atoms with Crippen LogP contribution >= 0.6 is 11.3 Å². The van der Waals surface area contributed by atoms with Crippen LogP contribution in [0.1, 0.15) is 0 Å². The summed E-state index contributed by atoms with van der Waals surface area (Å²) in [4.78, 5) is 11.9. The first-order chi connectivity index (χ1) is 25.3. The fourth-order valence-corrected chi connectivity index (χ4v) is 9.27. The van der Waals surface area contributed by atoms with Crippen molar-refractivity contribution < 1.29 is 0 Å². The van der Waals surface area contributed by atoms with Crippen LogP contribution in [0.3, 0.4) is 0 Å². The van der Waals surface area contributed by atoms with E-state index in [1.165, 1.54) is 53.1 Å². The van der Waals surface area contributed by atoms with Gasteiger partial charge in [0, 0.05) is 43.6 Å². The third kappa shape index (κ3) is 4.19. The topological polar surface area (TPSA) is 35.6 Å². The molecule has 0 fully saturated rings. The molecule has 0 saturated heterocycles. The first-order valence-corrected chi connectivity index (χ1v) is 18.0. The summed E-state index contributed by atoms with van der Waals surface area (Å²) in [5, 5.41) is 7.18. The summed E-state index contributed by atoms with van der Waals surface area (Å²) in [5.41, 5.74) is 9.88. The highest BCUT2D eigenvalue weighted by Crippen LogP contribution is 2.47. The minimum absolute atomic E-state index is 0.668. The number of hydrogen-bond acceptors (Lipinski definition) is 3. The number of thiophene rings is 1. The summed E-state index contributed by atoms with van der Waals surface area (Å²) < 4.78 is 5.95. The van der Waals surface area contributed by atoms with Crippen molar-refractivity contribution in [3.63, 3.8) is 0 Å². The van der Waals surface area contributed by atoms with Crippen LogP contribution in [0.5, 0.6) is 0 Å². The van der Waals surface area contributed by atoms with Crippen LogP contribution in [0.2, 0.25) is 0 Å². The van der Waals surface area contributed by atoms with E-state index in [4.69, 9.17) is 9.97 Å². The van der Waals surface area contributed by atoms with Gasteiger partial charge in [-0.1, -0.05) is 133 Å². The Balaban J connectivity index is 1.30. The zero-order valence-corrected chi connectivity index (χ0v) is 28.2. The number of hydrogen-bond donors (Lipinski definition) is 0. The molecule has 0 aliphatic carbocycles. The summed E-state index contributed by atoms with van der Waals surface area (Å²) in [7, 11) is 0. The van der Waals surface area contributed by atoms with E-state index >= 15 is 0 Å². The number of rotatable bonds is 4. The van der Waals surface area contributed by atoms with Gasteiger partial charge in [0.2, 0.25) is 5.95 Å². The molecule has 0 bridgehead atoms. The molecular weight excluding hydrogens is 641 g/mol. The van der Waals surface area contributed by atoms with Crippen LogP contribution in [0.15, 0.2) is 170 Å². The van der Waals surface area contributed by atoms with Gasteiger partial charge >= 0.3 is 0 Å². The fraction of sp³-hybridized carbons (Fsp3) is 0. The number of aromatic nitrogens is 4. The van der Waals surface area contributed by atoms with E-state index in [1.807, 2.05) is 11.3 Å². The lowest BCUT2D eigenvalue weighted by molar-refractivity contribution is 1.02. The minimum Gasteiger partial charge on any atom is -0.301 e. The van der Waals surface area contributed by atoms with E-state index in [-0.39, 0.29) is 0 Å². The van der Waals surface area contributed by atoms with Crippen LogP contribution in [-0.2, 0) is 0 Å². The predicted molar refractivity (Wildman–Crippen MR) is 214 cm³/mol. The van der Waals surface area contributed by atoms with Crippen molar-refractivity contribution in [2.75, 3.05) is 0 Å². The minimum atomic E-state index is 0.668. The van der Waals surface area contributed by atoms with Crippen LogP contribution in [0.25, 0.3) is 97.9 Å². The second-order valence-electron chi connectivity index (χ2n) is 13.0. The Morgan fingerprint density at radius 2 is 1.08 bits per heavy atom. The number of fused-ring (bicyclic) bond motifs is 10. The maximum Gasteiger partial charge on any atom is 0.235 e. The maximum atomic E-state index is 5.41. The summed E-state index contributed by atoms with van der Waals surface area (Å²) in [6, 6.07) is 60.4. The van der Waals surface area contributed by atoms with Gasteiger partial charge in [0.05, 0.1) is 32.5 Å². The SMILES string of the molecule is c1ccc(-c2ccc3c(c2)c2ccc4c(sc5c4c4ccccc4n5-c4ccccc4)c2n3-c2nc(-c3ccccc3)c3ccccc3n2)cc1. The zero-order chi connectivity index (χ0) is 33.5. The van der Waals surface area contributed by atoms with Crippen molar-refractivity contribution in [1.29, 1.82) is 0 Å². The van der Waals surface area contributed by atoms with Gasteiger partial charge in [0.1, 0.15) is 4.83 Å². The van der Waals surface area contributed by atoms with Gasteiger partial charge in [-0.15, -0.1) is 11.3 Å². The summed E-state index contributed by atoms with van der Waals surface area (Å²) in [5.74, 6) is 0.668. The first-order valence-electron chi connectivity index (χ1n) is 17.2. The third-order valence-electron chi connectivity index (χ3n) is 10.1. The molecule has 0 saturated carbocycles. The van der Waals surface area contributed by atoms with Crippen molar-refractivity contribution in [1.82, 2.24) is 19.1 Å². The highest BCUT2D eigenvalue weighted by atomic mass is 32.1. The van der Waals surface area contributed by atoms with Gasteiger partial charge < -0.3 is 4.57 Å². The van der Waals surface area contributed by atoms with E-state index < -0.39 is 0 Å². The van der Waals surface area contributed by atoms with Gasteiger partial charge in [0.15, 0.2) is 0 Å². The molecule has 238 valence electrons. The van der Waals surface area contributed by atoms with Crippen molar-refractivity contribution in [3.05, 3.63) is 170 Å². The lowest BCUT2D eigenvalue weighted by Crippen LogP contribution is -2.03. The molecule has 0 aliphatic heterocycles. The molecule has 4 nitrogen and oxygen atoms in total. The van der Waals surface area contributed by atoms with Crippen LogP contribution in [0, 0.1) is 0 Å². The molecule has 7 aromatic carbocycles. The Morgan fingerprint density at radius 3 is 1.88 bits per heavy atom. The van der Waals surface area contributed by atoms with Crippen molar-refractivity contribution in [2.24, 2.45) is 0 Å². The highest BCUT2D eigenvalue weighted by molar-refractivity contribution is 7.26. The van der Waals surface area contributed by atoms with Gasteiger partial charge in [-0.05, 0) is 47.5 Å². The Labute approximate surface area is 297 Å². The summed E-state index contributed by atoms with van der Waals surface area (Å²) >= 11 is 1.85. The first kappa shape index (κ1) is 28.3. The van der Waals surface area contributed by atoms with Crippen LogP contribution < -0.4 is 0 Å². The molecule has 4 aromatic heterocycles. The lowest BCUT2D eigenvalue weighted by Gasteiger charge is -2.12. The van der Waals surface area contributed by atoms with Gasteiger partial charge in [0.25, 0.3) is 0 Å². The van der Waals surface area contributed by atoms with E-state index in [0.29, 0.717) is 5.95 Å². The molecule has 4 heterocycles. The Hall–Kier alpha value is -6.56. The quantitative estimate of drug-likeness (QED) is 0.187. The van der Waals surface area contributed by atoms with Gasteiger partial charge in [-0.2, -0.15) is 0 Å². The average Bonchev–Trinajstić information content (AvgIpc) is 3.85. The lowest BCUT2D eigenvalue weighted by atomic mass is 10.0.